The molecule has 152 valence electrons. The van der Waals surface area contributed by atoms with Gasteiger partial charge in [0.25, 0.3) is 11.8 Å². The van der Waals surface area contributed by atoms with Gasteiger partial charge in [-0.3, -0.25) is 14.5 Å². The number of benzene rings is 3. The van der Waals surface area contributed by atoms with Gasteiger partial charge in [0.05, 0.1) is 15.8 Å². The minimum Gasteiger partial charge on any atom is -0.308 e. The number of aromatic nitrogens is 1. The van der Waals surface area contributed by atoms with Crippen LogP contribution >= 0.6 is 11.3 Å². The predicted molar refractivity (Wildman–Crippen MR) is 124 cm³/mol. The Balaban J connectivity index is 1.71. The zero-order chi connectivity index (χ0) is 21.7. The minimum atomic E-state index is -0.263. The van der Waals surface area contributed by atoms with Crippen LogP contribution < -0.4 is 0 Å². The first-order chi connectivity index (χ1) is 15.0. The number of amides is 2. The Hall–Kier alpha value is -3.53. The second kappa shape index (κ2) is 7.31. The summed E-state index contributed by atoms with van der Waals surface area (Å²) in [4.78, 5) is 34.5. The summed E-state index contributed by atoms with van der Waals surface area (Å²) in [6, 6.07) is 15.2. The van der Waals surface area contributed by atoms with Crippen molar-refractivity contribution in [3.63, 3.8) is 0 Å². The monoisotopic (exact) mass is 425 g/mol. The van der Waals surface area contributed by atoms with Crippen molar-refractivity contribution in [1.82, 2.24) is 14.8 Å². The fourth-order valence-electron chi connectivity index (χ4n) is 3.96. The number of carbonyl (C=O) groups is 2. The van der Waals surface area contributed by atoms with E-state index in [1.54, 1.807) is 17.4 Å². The number of nitrogens with zero attached hydrogens (tertiary/aromatic N) is 3. The number of likely N-dealkylation sites (N-methyl/N-ethyl adjacent to an activating group) is 1. The molecule has 5 rings (SSSR count). The van der Waals surface area contributed by atoms with E-state index in [0.717, 1.165) is 37.1 Å². The van der Waals surface area contributed by atoms with E-state index < -0.39 is 0 Å². The van der Waals surface area contributed by atoms with Crippen LogP contribution in [0.2, 0.25) is 0 Å². The molecule has 2 amide bonds. The van der Waals surface area contributed by atoms with Gasteiger partial charge in [-0.15, -0.1) is 17.8 Å². The van der Waals surface area contributed by atoms with Crippen LogP contribution in [0.3, 0.4) is 0 Å². The minimum absolute atomic E-state index is 0.240. The quantitative estimate of drug-likeness (QED) is 0.362. The zero-order valence-corrected chi connectivity index (χ0v) is 18.0. The highest BCUT2D eigenvalue weighted by atomic mass is 32.1. The molecule has 5 nitrogen and oxygen atoms in total. The average Bonchev–Trinajstić information content (AvgIpc) is 3.21. The molecule has 1 aliphatic rings. The number of hydrogen-bond donors (Lipinski definition) is 0. The van der Waals surface area contributed by atoms with E-state index in [1.165, 1.54) is 4.90 Å². The summed E-state index contributed by atoms with van der Waals surface area (Å²) in [7, 11) is 3.84. The van der Waals surface area contributed by atoms with Crippen LogP contribution in [0.25, 0.3) is 31.6 Å². The number of hydrogen-bond acceptors (Lipinski definition) is 5. The third kappa shape index (κ3) is 3.10. The van der Waals surface area contributed by atoms with Crippen LogP contribution in [0.5, 0.6) is 0 Å². The number of thiazole rings is 1. The molecule has 3 aromatic carbocycles. The van der Waals surface area contributed by atoms with E-state index in [9.17, 15) is 9.59 Å². The topological polar surface area (TPSA) is 53.5 Å². The Morgan fingerprint density at radius 2 is 1.84 bits per heavy atom. The van der Waals surface area contributed by atoms with Gasteiger partial charge in [-0.1, -0.05) is 30.2 Å². The highest BCUT2D eigenvalue weighted by Gasteiger charge is 2.33. The Kier molecular flexibility index (Phi) is 4.58. The summed E-state index contributed by atoms with van der Waals surface area (Å²) in [6.45, 7) is 0.955. The first-order valence-electron chi connectivity index (χ1n) is 9.92. The second-order valence-corrected chi connectivity index (χ2v) is 8.81. The molecular formula is C25H19N3O2S. The maximum atomic E-state index is 13.3. The summed E-state index contributed by atoms with van der Waals surface area (Å²) in [6.07, 6.45) is 5.55. The molecule has 0 atom stereocenters. The van der Waals surface area contributed by atoms with Crippen LogP contribution in [0.1, 0.15) is 26.3 Å². The van der Waals surface area contributed by atoms with Crippen molar-refractivity contribution in [2.75, 3.05) is 27.2 Å². The van der Waals surface area contributed by atoms with Crippen molar-refractivity contribution in [3.8, 4) is 22.9 Å². The van der Waals surface area contributed by atoms with Gasteiger partial charge in [0.2, 0.25) is 0 Å². The molecule has 6 heteroatoms. The van der Waals surface area contributed by atoms with Gasteiger partial charge < -0.3 is 4.90 Å². The number of imide groups is 1. The molecule has 0 spiro atoms. The highest BCUT2D eigenvalue weighted by molar-refractivity contribution is 7.22. The normalized spacial score (nSPS) is 13.4. The molecule has 0 fully saturated rings. The molecule has 0 radical (unpaired) electrons. The van der Waals surface area contributed by atoms with E-state index in [2.05, 4.69) is 5.92 Å². The van der Waals surface area contributed by atoms with E-state index in [1.807, 2.05) is 61.5 Å². The molecule has 0 saturated heterocycles. The van der Waals surface area contributed by atoms with E-state index in [0.29, 0.717) is 24.2 Å². The summed E-state index contributed by atoms with van der Waals surface area (Å²) < 4.78 is 0.962. The van der Waals surface area contributed by atoms with Crippen molar-refractivity contribution in [1.29, 1.82) is 0 Å². The Bertz CT molecular complexity index is 1430. The van der Waals surface area contributed by atoms with Crippen molar-refractivity contribution in [3.05, 3.63) is 65.2 Å². The first-order valence-corrected chi connectivity index (χ1v) is 10.7. The van der Waals surface area contributed by atoms with Gasteiger partial charge in [-0.2, -0.15) is 0 Å². The lowest BCUT2D eigenvalue weighted by atomic mass is 9.93. The van der Waals surface area contributed by atoms with Crippen LogP contribution in [0.15, 0.2) is 48.5 Å². The smallest absolute Gasteiger partial charge is 0.261 e. The molecule has 4 aromatic rings. The molecule has 2 heterocycles. The molecule has 0 bridgehead atoms. The zero-order valence-electron chi connectivity index (χ0n) is 17.2. The SMILES string of the molecule is C#Cc1cccc(-c2nc3cc4c5c(cccc5c3s2)C(=O)N(CCN(C)C)C4=O)c1. The maximum Gasteiger partial charge on any atom is 0.261 e. The summed E-state index contributed by atoms with van der Waals surface area (Å²) in [5.74, 6) is 2.15. The van der Waals surface area contributed by atoms with Crippen molar-refractivity contribution in [2.45, 2.75) is 0 Å². The molecule has 1 aliphatic heterocycles. The first kappa shape index (κ1) is 19.4. The maximum absolute atomic E-state index is 13.3. The van der Waals surface area contributed by atoms with Crippen molar-refractivity contribution < 1.29 is 9.59 Å². The fourth-order valence-corrected chi connectivity index (χ4v) is 5.03. The summed E-state index contributed by atoms with van der Waals surface area (Å²) in [5, 5.41) is 2.44. The van der Waals surface area contributed by atoms with Gasteiger partial charge in [0, 0.05) is 40.6 Å². The van der Waals surface area contributed by atoms with Gasteiger partial charge in [-0.05, 0) is 38.4 Å². The molecule has 0 N–H and O–H groups in total. The lowest BCUT2D eigenvalue weighted by molar-refractivity contribution is 0.0601. The second-order valence-electron chi connectivity index (χ2n) is 7.81. The Morgan fingerprint density at radius 1 is 1.06 bits per heavy atom. The number of rotatable bonds is 4. The van der Waals surface area contributed by atoms with Crippen LogP contribution in [0, 0.1) is 12.3 Å². The van der Waals surface area contributed by atoms with Gasteiger partial charge in [-0.25, -0.2) is 4.98 Å². The molecule has 0 unspecified atom stereocenters. The van der Waals surface area contributed by atoms with E-state index in [4.69, 9.17) is 11.4 Å². The largest absolute Gasteiger partial charge is 0.308 e. The third-order valence-corrected chi connectivity index (χ3v) is 6.66. The summed E-state index contributed by atoms with van der Waals surface area (Å²) >= 11 is 1.55. The van der Waals surface area contributed by atoms with Gasteiger partial charge in [0.1, 0.15) is 5.01 Å². The molecule has 0 saturated carbocycles. The Labute approximate surface area is 183 Å². The molecular weight excluding hydrogens is 406 g/mol. The van der Waals surface area contributed by atoms with Crippen LogP contribution in [0.4, 0.5) is 0 Å². The van der Waals surface area contributed by atoms with Crippen molar-refractivity contribution in [2.24, 2.45) is 0 Å². The number of fused-ring (bicyclic) bond motifs is 2. The van der Waals surface area contributed by atoms with E-state index in [-0.39, 0.29) is 11.8 Å². The predicted octanol–water partition coefficient (Wildman–Crippen LogP) is 4.26. The Morgan fingerprint density at radius 3 is 2.61 bits per heavy atom. The van der Waals surface area contributed by atoms with Crippen LogP contribution in [-0.4, -0.2) is 53.8 Å². The van der Waals surface area contributed by atoms with E-state index >= 15 is 0 Å². The number of carbonyl (C=O) groups excluding carboxylic acids is 2. The molecule has 0 aliphatic carbocycles. The van der Waals surface area contributed by atoms with Crippen LogP contribution in [-0.2, 0) is 0 Å². The highest BCUT2D eigenvalue weighted by Crippen LogP contribution is 2.40. The van der Waals surface area contributed by atoms with Gasteiger partial charge in [0.15, 0.2) is 0 Å². The van der Waals surface area contributed by atoms with Crippen molar-refractivity contribution >= 4 is 44.1 Å². The van der Waals surface area contributed by atoms with Gasteiger partial charge >= 0.3 is 0 Å². The molecule has 31 heavy (non-hydrogen) atoms. The molecule has 1 aromatic heterocycles. The number of terminal acetylenes is 1. The third-order valence-electron chi connectivity index (χ3n) is 5.51. The average molecular weight is 426 g/mol. The standard InChI is InChI=1S/C25H19N3O2S/c1-4-15-7-5-8-16(13-15)23-26-20-14-19-21-17(22(20)31-23)9-6-10-18(21)24(29)28(25(19)30)12-11-27(2)3/h1,5-10,13-14H,11-12H2,2-3H3. The summed E-state index contributed by atoms with van der Waals surface area (Å²) in [5.41, 5.74) is 3.58. The fraction of sp³-hybridized carbons (Fsp3) is 0.160. The lowest BCUT2D eigenvalue weighted by Gasteiger charge is -2.28. The lowest BCUT2D eigenvalue weighted by Crippen LogP contribution is -2.43.